The summed E-state index contributed by atoms with van der Waals surface area (Å²) >= 11 is 0. The Bertz CT molecular complexity index is 1210. The molecule has 2 N–H and O–H groups in total. The Labute approximate surface area is 180 Å². The summed E-state index contributed by atoms with van der Waals surface area (Å²) in [7, 11) is 1.51. The number of carbonyl (C=O) groups is 1. The van der Waals surface area contributed by atoms with Crippen molar-refractivity contribution < 1.29 is 14.6 Å². The van der Waals surface area contributed by atoms with E-state index in [1.807, 2.05) is 36.4 Å². The predicted octanol–water partition coefficient (Wildman–Crippen LogP) is 4.32. The number of carbonyl (C=O) groups excluding carboxylic acids is 1. The van der Waals surface area contributed by atoms with E-state index in [1.54, 1.807) is 16.8 Å². The third kappa shape index (κ3) is 3.26. The fourth-order valence-electron chi connectivity index (χ4n) is 4.50. The van der Waals surface area contributed by atoms with E-state index in [-0.39, 0.29) is 16.9 Å². The Morgan fingerprint density at radius 3 is 2.65 bits per heavy atom. The molecule has 31 heavy (non-hydrogen) atoms. The van der Waals surface area contributed by atoms with Crippen LogP contribution in [0.4, 0.5) is 5.95 Å². The molecule has 0 saturated heterocycles. The van der Waals surface area contributed by atoms with E-state index in [0.717, 1.165) is 23.2 Å². The SMILES string of the molecule is COc1ccc([C@H]2C3=C(CC(C)(C)CC3=O)Nc3nc(-c4ccccc4)nn32)cc1O. The second-order valence-electron chi connectivity index (χ2n) is 8.86. The van der Waals surface area contributed by atoms with Crippen molar-refractivity contribution in [3.8, 4) is 22.9 Å². The highest BCUT2D eigenvalue weighted by Crippen LogP contribution is 2.46. The quantitative estimate of drug-likeness (QED) is 0.661. The van der Waals surface area contributed by atoms with Gasteiger partial charge in [0.25, 0.3) is 0 Å². The Kier molecular flexibility index (Phi) is 4.36. The molecule has 0 spiro atoms. The number of hydrogen-bond acceptors (Lipinski definition) is 6. The van der Waals surface area contributed by atoms with Crippen LogP contribution >= 0.6 is 0 Å². The number of fused-ring (bicyclic) bond motifs is 1. The number of Topliss-reactive ketones (excluding diaryl/α,β-unsaturated/α-hetero) is 1. The highest BCUT2D eigenvalue weighted by molar-refractivity contribution is 6.00. The zero-order valence-electron chi connectivity index (χ0n) is 17.7. The maximum absolute atomic E-state index is 13.3. The van der Waals surface area contributed by atoms with Gasteiger partial charge in [-0.1, -0.05) is 50.2 Å². The van der Waals surface area contributed by atoms with Crippen LogP contribution in [0.1, 0.15) is 38.3 Å². The van der Waals surface area contributed by atoms with Crippen molar-refractivity contribution in [3.05, 3.63) is 65.4 Å². The molecule has 1 aliphatic heterocycles. The average molecular weight is 416 g/mol. The van der Waals surface area contributed by atoms with Gasteiger partial charge in [0.1, 0.15) is 6.04 Å². The van der Waals surface area contributed by atoms with Crippen LogP contribution in [0.25, 0.3) is 11.4 Å². The summed E-state index contributed by atoms with van der Waals surface area (Å²) in [6, 6.07) is 14.5. The molecule has 1 aromatic heterocycles. The molecule has 3 aromatic rings. The third-order valence-corrected chi connectivity index (χ3v) is 5.88. The molecule has 0 saturated carbocycles. The first-order chi connectivity index (χ1) is 14.9. The lowest BCUT2D eigenvalue weighted by Crippen LogP contribution is -2.36. The molecule has 0 bridgehead atoms. The third-order valence-electron chi connectivity index (χ3n) is 5.88. The number of phenolic OH excluding ortho intramolecular Hbond substituents is 1. The smallest absolute Gasteiger partial charge is 0.226 e. The van der Waals surface area contributed by atoms with Gasteiger partial charge in [-0.05, 0) is 29.5 Å². The van der Waals surface area contributed by atoms with Gasteiger partial charge in [0.05, 0.1) is 7.11 Å². The monoisotopic (exact) mass is 416 g/mol. The van der Waals surface area contributed by atoms with E-state index >= 15 is 0 Å². The van der Waals surface area contributed by atoms with Crippen LogP contribution in [0.15, 0.2) is 59.8 Å². The van der Waals surface area contributed by atoms with Gasteiger partial charge in [0.2, 0.25) is 5.95 Å². The van der Waals surface area contributed by atoms with Gasteiger partial charge < -0.3 is 15.2 Å². The molecule has 2 heterocycles. The number of benzene rings is 2. The molecule has 0 radical (unpaired) electrons. The van der Waals surface area contributed by atoms with Gasteiger partial charge in [-0.25, -0.2) is 4.68 Å². The molecule has 5 rings (SSSR count). The molecule has 1 aliphatic carbocycles. The van der Waals surface area contributed by atoms with Crippen molar-refractivity contribution in [2.24, 2.45) is 5.41 Å². The zero-order chi connectivity index (χ0) is 21.8. The van der Waals surface area contributed by atoms with Crippen molar-refractivity contribution in [2.45, 2.75) is 32.7 Å². The van der Waals surface area contributed by atoms with E-state index in [0.29, 0.717) is 29.5 Å². The summed E-state index contributed by atoms with van der Waals surface area (Å²) < 4.78 is 6.95. The molecule has 0 fully saturated rings. The molecule has 2 aliphatic rings. The minimum absolute atomic E-state index is 0.0224. The van der Waals surface area contributed by atoms with Crippen molar-refractivity contribution in [3.63, 3.8) is 0 Å². The molecule has 7 heteroatoms. The number of allylic oxidation sites excluding steroid dienone is 2. The zero-order valence-corrected chi connectivity index (χ0v) is 17.7. The number of hydrogen-bond donors (Lipinski definition) is 2. The van der Waals surface area contributed by atoms with Crippen LogP contribution in [0, 0.1) is 5.41 Å². The first-order valence-corrected chi connectivity index (χ1v) is 10.3. The van der Waals surface area contributed by atoms with Crippen LogP contribution in [0.2, 0.25) is 0 Å². The molecular weight excluding hydrogens is 392 g/mol. The number of nitrogens with one attached hydrogen (secondary N) is 1. The van der Waals surface area contributed by atoms with Crippen molar-refractivity contribution >= 4 is 11.7 Å². The number of phenols is 1. The fraction of sp³-hybridized carbons (Fsp3) is 0.292. The first kappa shape index (κ1) is 19.4. The predicted molar refractivity (Wildman–Crippen MR) is 117 cm³/mol. The van der Waals surface area contributed by atoms with Crippen molar-refractivity contribution in [1.29, 1.82) is 0 Å². The maximum atomic E-state index is 13.3. The number of nitrogens with zero attached hydrogens (tertiary/aromatic N) is 3. The lowest BCUT2D eigenvalue weighted by atomic mass is 9.73. The largest absolute Gasteiger partial charge is 0.504 e. The summed E-state index contributed by atoms with van der Waals surface area (Å²) in [6.07, 6.45) is 1.20. The highest BCUT2D eigenvalue weighted by Gasteiger charge is 2.42. The van der Waals surface area contributed by atoms with Gasteiger partial charge in [0, 0.05) is 23.3 Å². The van der Waals surface area contributed by atoms with Gasteiger partial charge in [-0.2, -0.15) is 4.98 Å². The summed E-state index contributed by atoms with van der Waals surface area (Å²) in [5.74, 6) is 1.66. The van der Waals surface area contributed by atoms with Gasteiger partial charge >= 0.3 is 0 Å². The number of ketones is 1. The molecule has 7 nitrogen and oxygen atoms in total. The minimum atomic E-state index is -0.475. The second kappa shape index (κ2) is 6.97. The topological polar surface area (TPSA) is 89.3 Å². The summed E-state index contributed by atoms with van der Waals surface area (Å²) in [4.78, 5) is 18.0. The van der Waals surface area contributed by atoms with Crippen LogP contribution < -0.4 is 10.1 Å². The Morgan fingerprint density at radius 1 is 1.16 bits per heavy atom. The molecule has 2 aromatic carbocycles. The van der Waals surface area contributed by atoms with E-state index < -0.39 is 6.04 Å². The molecule has 0 unspecified atom stereocenters. The average Bonchev–Trinajstić information content (AvgIpc) is 3.15. The normalized spacial score (nSPS) is 19.5. The van der Waals surface area contributed by atoms with Crippen molar-refractivity contribution in [2.75, 3.05) is 12.4 Å². The van der Waals surface area contributed by atoms with Gasteiger partial charge in [-0.15, -0.1) is 5.10 Å². The van der Waals surface area contributed by atoms with E-state index in [9.17, 15) is 9.90 Å². The first-order valence-electron chi connectivity index (χ1n) is 10.3. The van der Waals surface area contributed by atoms with E-state index in [1.165, 1.54) is 7.11 Å². The standard InChI is InChI=1S/C24H24N4O3/c1-24(2)12-16-20(18(30)13-24)21(15-9-10-19(31-3)17(29)11-15)28-23(25-16)26-22(27-28)14-7-5-4-6-8-14/h4-11,21,29H,12-13H2,1-3H3,(H,25,26,27)/t21-/m0/s1. The Hall–Kier alpha value is -3.61. The fourth-order valence-corrected chi connectivity index (χ4v) is 4.50. The summed E-state index contributed by atoms with van der Waals surface area (Å²) in [5, 5.41) is 18.5. The lowest BCUT2D eigenvalue weighted by molar-refractivity contribution is -0.118. The molecule has 158 valence electrons. The van der Waals surface area contributed by atoms with Crippen LogP contribution in [0.3, 0.4) is 0 Å². The van der Waals surface area contributed by atoms with Gasteiger partial charge in [-0.3, -0.25) is 4.79 Å². The minimum Gasteiger partial charge on any atom is -0.504 e. The van der Waals surface area contributed by atoms with Gasteiger partial charge in [0.15, 0.2) is 23.1 Å². The Morgan fingerprint density at radius 2 is 1.94 bits per heavy atom. The molecule has 1 atom stereocenters. The number of methoxy groups -OCH3 is 1. The van der Waals surface area contributed by atoms with E-state index in [4.69, 9.17) is 14.8 Å². The van der Waals surface area contributed by atoms with Crippen LogP contribution in [0.5, 0.6) is 11.5 Å². The number of aromatic nitrogens is 3. The van der Waals surface area contributed by atoms with Crippen LogP contribution in [-0.4, -0.2) is 32.8 Å². The Balaban J connectivity index is 1.69. The highest BCUT2D eigenvalue weighted by atomic mass is 16.5. The number of anilines is 1. The summed E-state index contributed by atoms with van der Waals surface area (Å²) in [5.41, 5.74) is 3.07. The molecule has 0 amide bonds. The second-order valence-corrected chi connectivity index (χ2v) is 8.86. The molecular formula is C24H24N4O3. The number of aromatic hydroxyl groups is 1. The van der Waals surface area contributed by atoms with Crippen molar-refractivity contribution in [1.82, 2.24) is 14.8 Å². The summed E-state index contributed by atoms with van der Waals surface area (Å²) in [6.45, 7) is 4.19. The number of rotatable bonds is 3. The maximum Gasteiger partial charge on any atom is 0.226 e. The lowest BCUT2D eigenvalue weighted by Gasteiger charge is -2.38. The van der Waals surface area contributed by atoms with Crippen LogP contribution in [-0.2, 0) is 4.79 Å². The van der Waals surface area contributed by atoms with E-state index in [2.05, 4.69) is 19.2 Å². The number of ether oxygens (including phenoxy) is 1.